The molecule has 1 aliphatic rings. The number of benzene rings is 2. The van der Waals surface area contributed by atoms with Crippen LogP contribution in [0.25, 0.3) is 10.9 Å². The molecule has 1 aromatic heterocycles. The number of hydrogen-bond acceptors (Lipinski definition) is 7. The summed E-state index contributed by atoms with van der Waals surface area (Å²) in [6.45, 7) is 0.999. The summed E-state index contributed by atoms with van der Waals surface area (Å²) in [5.41, 5.74) is 1.33. The van der Waals surface area contributed by atoms with Gasteiger partial charge in [0.15, 0.2) is 0 Å². The monoisotopic (exact) mass is 473 g/mol. The molecule has 0 saturated carbocycles. The molecule has 0 radical (unpaired) electrons. The van der Waals surface area contributed by atoms with Crippen molar-refractivity contribution in [3.63, 3.8) is 0 Å². The van der Waals surface area contributed by atoms with Crippen molar-refractivity contribution in [1.82, 2.24) is 14.9 Å². The van der Waals surface area contributed by atoms with Gasteiger partial charge in [0.2, 0.25) is 0 Å². The minimum atomic E-state index is -0.816. The largest absolute Gasteiger partial charge is 0.486 e. The van der Waals surface area contributed by atoms with Gasteiger partial charge in [0.1, 0.15) is 29.8 Å². The van der Waals surface area contributed by atoms with Crippen molar-refractivity contribution in [3.05, 3.63) is 47.5 Å². The van der Waals surface area contributed by atoms with Crippen LogP contribution >= 0.6 is 11.6 Å². The third-order valence-corrected chi connectivity index (χ3v) is 5.24. The van der Waals surface area contributed by atoms with Crippen molar-refractivity contribution < 1.29 is 23.5 Å². The van der Waals surface area contributed by atoms with E-state index in [0.717, 1.165) is 0 Å². The second kappa shape index (κ2) is 9.55. The van der Waals surface area contributed by atoms with Crippen LogP contribution in [-0.4, -0.2) is 60.1 Å². The Kier molecular flexibility index (Phi) is 6.57. The molecule has 9 nitrogen and oxygen atoms in total. The summed E-state index contributed by atoms with van der Waals surface area (Å²) in [6.07, 6.45) is 1.87. The number of halogens is 2. The van der Waals surface area contributed by atoms with Gasteiger partial charge in [-0.05, 0) is 24.3 Å². The molecule has 1 unspecified atom stereocenters. The quantitative estimate of drug-likeness (QED) is 0.547. The Balaban J connectivity index is 1.74. The van der Waals surface area contributed by atoms with Crippen molar-refractivity contribution in [2.24, 2.45) is 0 Å². The smallest absolute Gasteiger partial charge is 0.313 e. The highest BCUT2D eigenvalue weighted by Crippen LogP contribution is 2.35. The van der Waals surface area contributed by atoms with Crippen LogP contribution in [0.4, 0.5) is 21.6 Å². The lowest BCUT2D eigenvalue weighted by Gasteiger charge is -2.18. The van der Waals surface area contributed by atoms with Gasteiger partial charge in [0.05, 0.1) is 29.4 Å². The van der Waals surface area contributed by atoms with E-state index >= 15 is 0 Å². The lowest BCUT2D eigenvalue weighted by atomic mass is 10.1. The van der Waals surface area contributed by atoms with Crippen LogP contribution in [0, 0.1) is 5.82 Å². The van der Waals surface area contributed by atoms with Crippen LogP contribution in [0.1, 0.15) is 6.42 Å². The summed E-state index contributed by atoms with van der Waals surface area (Å²) in [4.78, 5) is 34.3. The van der Waals surface area contributed by atoms with E-state index in [4.69, 9.17) is 21.1 Å². The molecule has 2 N–H and O–H groups in total. The zero-order valence-electron chi connectivity index (χ0n) is 17.9. The van der Waals surface area contributed by atoms with Gasteiger partial charge in [0, 0.05) is 37.7 Å². The number of fused-ring (bicyclic) bond motifs is 1. The van der Waals surface area contributed by atoms with E-state index in [-0.39, 0.29) is 16.8 Å². The van der Waals surface area contributed by atoms with E-state index in [1.54, 1.807) is 12.1 Å². The Morgan fingerprint density at radius 2 is 2.06 bits per heavy atom. The minimum Gasteiger partial charge on any atom is -0.486 e. The molecule has 1 fully saturated rings. The summed E-state index contributed by atoms with van der Waals surface area (Å²) >= 11 is 5.88. The Morgan fingerprint density at radius 1 is 1.24 bits per heavy atom. The molecular weight excluding hydrogens is 453 g/mol. The maximum Gasteiger partial charge on any atom is 0.313 e. The zero-order valence-corrected chi connectivity index (χ0v) is 18.6. The molecule has 2 amide bonds. The predicted molar refractivity (Wildman–Crippen MR) is 121 cm³/mol. The zero-order chi connectivity index (χ0) is 23.5. The van der Waals surface area contributed by atoms with Gasteiger partial charge in [-0.1, -0.05) is 11.6 Å². The highest BCUT2D eigenvalue weighted by atomic mass is 35.5. The number of nitrogens with one attached hydrogen (secondary N) is 2. The first kappa shape index (κ1) is 22.7. The topological polar surface area (TPSA) is 106 Å². The van der Waals surface area contributed by atoms with Crippen LogP contribution in [0.5, 0.6) is 5.75 Å². The maximum absolute atomic E-state index is 13.5. The Labute approximate surface area is 193 Å². The molecule has 0 bridgehead atoms. The SMILES string of the molecule is CN(C)C(=O)C(=O)Nc1cc2c(Nc3ccc(F)c(Cl)c3)ncnc2cc1OC1CCOC1. The number of carbonyl (C=O) groups is 2. The Bertz CT molecular complexity index is 1220. The normalized spacial score (nSPS) is 15.3. The fourth-order valence-corrected chi connectivity index (χ4v) is 3.43. The molecule has 0 aliphatic carbocycles. The van der Waals surface area contributed by atoms with Gasteiger partial charge in [-0.15, -0.1) is 0 Å². The number of aromatic nitrogens is 2. The molecule has 4 rings (SSSR count). The van der Waals surface area contributed by atoms with E-state index in [1.165, 1.54) is 43.5 Å². The number of likely N-dealkylation sites (N-methyl/N-ethyl adjacent to an activating group) is 1. The van der Waals surface area contributed by atoms with E-state index in [9.17, 15) is 14.0 Å². The molecule has 3 aromatic rings. The molecule has 2 aromatic carbocycles. The van der Waals surface area contributed by atoms with Crippen LogP contribution in [-0.2, 0) is 14.3 Å². The molecule has 2 heterocycles. The molecule has 0 spiro atoms. The average molecular weight is 474 g/mol. The van der Waals surface area contributed by atoms with Crippen molar-refractivity contribution in [2.45, 2.75) is 12.5 Å². The lowest BCUT2D eigenvalue weighted by molar-refractivity contribution is -0.141. The first-order chi connectivity index (χ1) is 15.8. The molecular formula is C22H21ClFN5O4. The minimum absolute atomic E-state index is 0.0389. The summed E-state index contributed by atoms with van der Waals surface area (Å²) in [5.74, 6) is -1.32. The number of nitrogens with zero attached hydrogens (tertiary/aromatic N) is 3. The third-order valence-electron chi connectivity index (χ3n) is 4.95. The highest BCUT2D eigenvalue weighted by Gasteiger charge is 2.23. The van der Waals surface area contributed by atoms with E-state index in [2.05, 4.69) is 20.6 Å². The number of hydrogen-bond donors (Lipinski definition) is 2. The number of anilines is 3. The Hall–Kier alpha value is -3.50. The summed E-state index contributed by atoms with van der Waals surface area (Å²) in [6, 6.07) is 7.47. The average Bonchev–Trinajstić information content (AvgIpc) is 3.29. The summed E-state index contributed by atoms with van der Waals surface area (Å²) in [7, 11) is 2.97. The first-order valence-electron chi connectivity index (χ1n) is 10.1. The summed E-state index contributed by atoms with van der Waals surface area (Å²) in [5, 5.41) is 6.20. The fourth-order valence-electron chi connectivity index (χ4n) is 3.25. The lowest BCUT2D eigenvalue weighted by Crippen LogP contribution is -2.34. The number of rotatable bonds is 5. The fraction of sp³-hybridized carbons (Fsp3) is 0.273. The van der Waals surface area contributed by atoms with Gasteiger partial charge in [0.25, 0.3) is 0 Å². The number of ether oxygens (including phenoxy) is 2. The van der Waals surface area contributed by atoms with Gasteiger partial charge in [-0.2, -0.15) is 0 Å². The Morgan fingerprint density at radius 3 is 2.76 bits per heavy atom. The van der Waals surface area contributed by atoms with E-state index < -0.39 is 17.6 Å². The van der Waals surface area contributed by atoms with Crippen molar-refractivity contribution in [3.8, 4) is 5.75 Å². The summed E-state index contributed by atoms with van der Waals surface area (Å²) < 4.78 is 24.9. The number of carbonyl (C=O) groups excluding carboxylic acids is 2. The third kappa shape index (κ3) is 5.12. The molecule has 33 heavy (non-hydrogen) atoms. The molecule has 1 atom stereocenters. The van der Waals surface area contributed by atoms with Crippen LogP contribution in [0.15, 0.2) is 36.7 Å². The molecule has 1 aliphatic heterocycles. The predicted octanol–water partition coefficient (Wildman–Crippen LogP) is 3.36. The van der Waals surface area contributed by atoms with Crippen LogP contribution < -0.4 is 15.4 Å². The number of amides is 2. The molecule has 1 saturated heterocycles. The van der Waals surface area contributed by atoms with Gasteiger partial charge in [-0.25, -0.2) is 14.4 Å². The maximum atomic E-state index is 13.5. The first-order valence-corrected chi connectivity index (χ1v) is 10.5. The standard InChI is InChI=1S/C22H21ClFN5O4/c1-29(2)22(31)21(30)28-18-8-14-17(9-19(18)33-13-5-6-32-10-13)25-11-26-20(14)27-12-3-4-16(24)15(23)7-12/h3-4,7-9,11,13H,5-6,10H2,1-2H3,(H,28,30)(H,25,26,27). The van der Waals surface area contributed by atoms with Gasteiger partial charge >= 0.3 is 11.8 Å². The van der Waals surface area contributed by atoms with E-state index in [0.29, 0.717) is 47.8 Å². The second-order valence-electron chi connectivity index (χ2n) is 7.60. The van der Waals surface area contributed by atoms with E-state index in [1.807, 2.05) is 0 Å². The van der Waals surface area contributed by atoms with Crippen molar-refractivity contribution in [1.29, 1.82) is 0 Å². The van der Waals surface area contributed by atoms with Crippen molar-refractivity contribution in [2.75, 3.05) is 37.9 Å². The van der Waals surface area contributed by atoms with Crippen LogP contribution in [0.2, 0.25) is 5.02 Å². The highest BCUT2D eigenvalue weighted by molar-refractivity contribution is 6.39. The van der Waals surface area contributed by atoms with Crippen LogP contribution in [0.3, 0.4) is 0 Å². The van der Waals surface area contributed by atoms with Crippen molar-refractivity contribution >= 4 is 51.5 Å². The van der Waals surface area contributed by atoms with Gasteiger partial charge < -0.3 is 25.0 Å². The van der Waals surface area contributed by atoms with Gasteiger partial charge in [-0.3, -0.25) is 9.59 Å². The molecule has 172 valence electrons. The second-order valence-corrected chi connectivity index (χ2v) is 8.01. The molecule has 11 heteroatoms.